The zero-order valence-electron chi connectivity index (χ0n) is 12.3. The van der Waals surface area contributed by atoms with E-state index in [1.807, 2.05) is 55.5 Å². The van der Waals surface area contributed by atoms with Crippen molar-refractivity contribution in [2.24, 2.45) is 5.73 Å². The first-order valence-electron chi connectivity index (χ1n) is 7.03. The Labute approximate surface area is 134 Å². The molecule has 2 rings (SSSR count). The summed E-state index contributed by atoms with van der Waals surface area (Å²) in [4.78, 5) is 24.9. The third kappa shape index (κ3) is 4.44. The fourth-order valence-electron chi connectivity index (χ4n) is 1.87. The topological polar surface area (TPSA) is 72.2 Å². The van der Waals surface area contributed by atoms with Gasteiger partial charge >= 0.3 is 0 Å². The lowest BCUT2D eigenvalue weighted by atomic mass is 10.1. The van der Waals surface area contributed by atoms with Crippen molar-refractivity contribution in [1.82, 2.24) is 0 Å². The van der Waals surface area contributed by atoms with Gasteiger partial charge in [0.05, 0.1) is 6.54 Å². The number of carbonyl (C=O) groups is 2. The van der Waals surface area contributed by atoms with E-state index in [4.69, 9.17) is 5.73 Å². The number of benzene rings is 2. The lowest BCUT2D eigenvalue weighted by Crippen LogP contribution is -2.21. The van der Waals surface area contributed by atoms with Crippen molar-refractivity contribution in [1.29, 1.82) is 0 Å². The van der Waals surface area contributed by atoms with E-state index in [0.29, 0.717) is 6.42 Å². The van der Waals surface area contributed by atoms with E-state index in [1.54, 1.807) is 11.8 Å². The van der Waals surface area contributed by atoms with Gasteiger partial charge in [-0.25, -0.2) is 0 Å². The summed E-state index contributed by atoms with van der Waals surface area (Å²) >= 11 is 1.60. The maximum Gasteiger partial charge on any atom is 0.238 e. The van der Waals surface area contributed by atoms with Crippen molar-refractivity contribution < 1.29 is 9.59 Å². The molecule has 5 heteroatoms. The van der Waals surface area contributed by atoms with Crippen molar-refractivity contribution in [3.8, 4) is 0 Å². The average molecular weight is 314 g/mol. The summed E-state index contributed by atoms with van der Waals surface area (Å²) in [5.41, 5.74) is 6.72. The van der Waals surface area contributed by atoms with E-state index in [9.17, 15) is 9.59 Å². The molecule has 0 heterocycles. The molecule has 2 aromatic carbocycles. The first-order valence-corrected chi connectivity index (χ1v) is 7.85. The van der Waals surface area contributed by atoms with Gasteiger partial charge in [0.15, 0.2) is 5.78 Å². The molecule has 22 heavy (non-hydrogen) atoms. The Bertz CT molecular complexity index is 651. The molecule has 0 atom stereocenters. The predicted octanol–water partition coefficient (Wildman–Crippen LogP) is 3.33. The maximum atomic E-state index is 11.6. The van der Waals surface area contributed by atoms with Gasteiger partial charge in [-0.1, -0.05) is 30.8 Å². The van der Waals surface area contributed by atoms with Crippen molar-refractivity contribution >= 4 is 29.1 Å². The second-order valence-electron chi connectivity index (χ2n) is 4.68. The fourth-order valence-corrected chi connectivity index (χ4v) is 2.68. The van der Waals surface area contributed by atoms with Gasteiger partial charge in [0.2, 0.25) is 5.91 Å². The molecule has 4 nitrogen and oxygen atoms in total. The standard InChI is InChI=1S/C17H18N2O2S/c1-2-16(20)12-3-7-14(8-4-12)22-15-9-5-13(6-10-15)19-17(21)11-18/h3-10H,2,11,18H2,1H3,(H,19,21). The molecule has 0 saturated heterocycles. The molecule has 0 spiro atoms. The molecule has 0 bridgehead atoms. The minimum absolute atomic E-state index is 0.0284. The predicted molar refractivity (Wildman–Crippen MR) is 89.3 cm³/mol. The van der Waals surface area contributed by atoms with Crippen LogP contribution in [-0.2, 0) is 4.79 Å². The third-order valence-corrected chi connectivity index (χ3v) is 4.07. The van der Waals surface area contributed by atoms with Crippen molar-refractivity contribution in [3.63, 3.8) is 0 Å². The number of hydrogen-bond acceptors (Lipinski definition) is 4. The zero-order valence-corrected chi connectivity index (χ0v) is 13.2. The highest BCUT2D eigenvalue weighted by Gasteiger charge is 2.04. The summed E-state index contributed by atoms with van der Waals surface area (Å²) in [6.07, 6.45) is 0.516. The van der Waals surface area contributed by atoms with E-state index in [2.05, 4.69) is 5.32 Å². The summed E-state index contributed by atoms with van der Waals surface area (Å²) in [5.74, 6) is -0.0619. The molecule has 3 N–H and O–H groups in total. The summed E-state index contributed by atoms with van der Waals surface area (Å²) < 4.78 is 0. The Balaban J connectivity index is 2.01. The van der Waals surface area contributed by atoms with Crippen molar-refractivity contribution in [2.45, 2.75) is 23.1 Å². The Morgan fingerprint density at radius 2 is 1.55 bits per heavy atom. The van der Waals surface area contributed by atoms with E-state index in [0.717, 1.165) is 21.0 Å². The summed E-state index contributed by atoms with van der Waals surface area (Å²) in [6, 6.07) is 15.1. The minimum Gasteiger partial charge on any atom is -0.325 e. The highest BCUT2D eigenvalue weighted by molar-refractivity contribution is 7.99. The molecule has 1 amide bonds. The molecule has 0 aliphatic carbocycles. The number of Topliss-reactive ketones (excluding diaryl/α,β-unsaturated/α-hetero) is 1. The average Bonchev–Trinajstić information content (AvgIpc) is 2.56. The number of amides is 1. The van der Waals surface area contributed by atoms with Crippen molar-refractivity contribution in [2.75, 3.05) is 11.9 Å². The van der Waals surface area contributed by atoms with Gasteiger partial charge in [-0.3, -0.25) is 9.59 Å². The van der Waals surface area contributed by atoms with Crippen LogP contribution in [0.1, 0.15) is 23.7 Å². The van der Waals surface area contributed by atoms with Gasteiger partial charge in [0, 0.05) is 27.5 Å². The second kappa shape index (κ2) is 7.77. The number of carbonyl (C=O) groups excluding carboxylic acids is 2. The third-order valence-electron chi connectivity index (χ3n) is 3.06. The first-order chi connectivity index (χ1) is 10.6. The number of hydrogen-bond donors (Lipinski definition) is 2. The largest absolute Gasteiger partial charge is 0.325 e. The number of ketones is 1. The van der Waals surface area contributed by atoms with Gasteiger partial charge in [-0.15, -0.1) is 0 Å². The van der Waals surface area contributed by atoms with Crippen LogP contribution in [-0.4, -0.2) is 18.2 Å². The normalized spacial score (nSPS) is 10.3. The Hall–Kier alpha value is -2.11. The second-order valence-corrected chi connectivity index (χ2v) is 5.83. The van der Waals surface area contributed by atoms with Gasteiger partial charge in [-0.2, -0.15) is 0 Å². The summed E-state index contributed by atoms with van der Waals surface area (Å²) in [7, 11) is 0. The SMILES string of the molecule is CCC(=O)c1ccc(Sc2ccc(NC(=O)CN)cc2)cc1. The Morgan fingerprint density at radius 3 is 2.05 bits per heavy atom. The van der Waals surface area contributed by atoms with E-state index >= 15 is 0 Å². The van der Waals surface area contributed by atoms with Crippen LogP contribution in [0.15, 0.2) is 58.3 Å². The van der Waals surface area contributed by atoms with Crippen LogP contribution in [0.25, 0.3) is 0 Å². The monoisotopic (exact) mass is 314 g/mol. The summed E-state index contributed by atoms with van der Waals surface area (Å²) in [6.45, 7) is 1.83. The van der Waals surface area contributed by atoms with E-state index in [-0.39, 0.29) is 18.2 Å². The van der Waals surface area contributed by atoms with Crippen LogP contribution in [0.2, 0.25) is 0 Å². The molecule has 114 valence electrons. The maximum absolute atomic E-state index is 11.6. The molecular weight excluding hydrogens is 296 g/mol. The quantitative estimate of drug-likeness (QED) is 0.802. The van der Waals surface area contributed by atoms with Gasteiger partial charge < -0.3 is 11.1 Å². The number of anilines is 1. The zero-order chi connectivity index (χ0) is 15.9. The van der Waals surface area contributed by atoms with Crippen LogP contribution in [0.3, 0.4) is 0 Å². The van der Waals surface area contributed by atoms with E-state index in [1.165, 1.54) is 0 Å². The highest BCUT2D eigenvalue weighted by atomic mass is 32.2. The molecule has 2 aromatic rings. The number of nitrogens with two attached hydrogens (primary N) is 1. The number of nitrogens with one attached hydrogen (secondary N) is 1. The van der Waals surface area contributed by atoms with Gasteiger partial charge in [0.25, 0.3) is 0 Å². The van der Waals surface area contributed by atoms with Crippen molar-refractivity contribution in [3.05, 3.63) is 54.1 Å². The number of rotatable bonds is 6. The van der Waals surface area contributed by atoms with Crippen LogP contribution in [0.5, 0.6) is 0 Å². The lowest BCUT2D eigenvalue weighted by Gasteiger charge is -2.06. The fraction of sp³-hybridized carbons (Fsp3) is 0.176. The molecule has 0 aliphatic rings. The van der Waals surface area contributed by atoms with Gasteiger partial charge in [0.1, 0.15) is 0 Å². The highest BCUT2D eigenvalue weighted by Crippen LogP contribution is 2.28. The molecule has 0 fully saturated rings. The summed E-state index contributed by atoms with van der Waals surface area (Å²) in [5, 5.41) is 2.70. The molecule has 0 aliphatic heterocycles. The Morgan fingerprint density at radius 1 is 1.00 bits per heavy atom. The minimum atomic E-state index is -0.211. The molecule has 0 aromatic heterocycles. The van der Waals surface area contributed by atoms with Crippen LogP contribution in [0, 0.1) is 0 Å². The lowest BCUT2D eigenvalue weighted by molar-refractivity contribution is -0.114. The molecular formula is C17H18N2O2S. The first kappa shape index (κ1) is 16.3. The van der Waals surface area contributed by atoms with Crippen LogP contribution >= 0.6 is 11.8 Å². The van der Waals surface area contributed by atoms with Crippen LogP contribution in [0.4, 0.5) is 5.69 Å². The molecule has 0 radical (unpaired) electrons. The van der Waals surface area contributed by atoms with E-state index < -0.39 is 0 Å². The van der Waals surface area contributed by atoms with Crippen LogP contribution < -0.4 is 11.1 Å². The molecule has 0 unspecified atom stereocenters. The van der Waals surface area contributed by atoms with Gasteiger partial charge in [-0.05, 0) is 36.4 Å². The Kier molecular flexibility index (Phi) is 5.75. The smallest absolute Gasteiger partial charge is 0.238 e. The molecule has 0 saturated carbocycles.